The predicted octanol–water partition coefficient (Wildman–Crippen LogP) is 4.73. The zero-order valence-electron chi connectivity index (χ0n) is 17.5. The fraction of sp³-hybridized carbons (Fsp3) is 0.455. The SMILES string of the molecule is C/C=C\CCBr.CC.CC/C=C/OCC(=O)NCC(=O)NCc1ccccc1. The van der Waals surface area contributed by atoms with Gasteiger partial charge in [-0.2, -0.15) is 0 Å². The van der Waals surface area contributed by atoms with E-state index in [9.17, 15) is 9.59 Å². The van der Waals surface area contributed by atoms with Gasteiger partial charge in [-0.05, 0) is 25.3 Å². The topological polar surface area (TPSA) is 67.4 Å². The maximum atomic E-state index is 11.5. The van der Waals surface area contributed by atoms with Crippen LogP contribution in [-0.4, -0.2) is 30.3 Å². The lowest BCUT2D eigenvalue weighted by atomic mass is 10.2. The smallest absolute Gasteiger partial charge is 0.258 e. The highest BCUT2D eigenvalue weighted by atomic mass is 79.9. The van der Waals surface area contributed by atoms with E-state index in [2.05, 4.69) is 38.7 Å². The van der Waals surface area contributed by atoms with E-state index in [1.54, 1.807) is 6.08 Å². The molecule has 0 saturated carbocycles. The molecule has 158 valence electrons. The number of hydrogen-bond donors (Lipinski definition) is 2. The molecule has 2 amide bonds. The average molecular weight is 455 g/mol. The largest absolute Gasteiger partial charge is 0.492 e. The van der Waals surface area contributed by atoms with Crippen LogP contribution < -0.4 is 10.6 Å². The Hall–Kier alpha value is -2.08. The van der Waals surface area contributed by atoms with Crippen LogP contribution >= 0.6 is 15.9 Å². The van der Waals surface area contributed by atoms with E-state index in [4.69, 9.17) is 4.74 Å². The highest BCUT2D eigenvalue weighted by molar-refractivity contribution is 9.09. The molecule has 0 aliphatic carbocycles. The van der Waals surface area contributed by atoms with Crippen molar-refractivity contribution in [3.05, 3.63) is 60.4 Å². The minimum atomic E-state index is -0.319. The molecule has 1 aromatic rings. The van der Waals surface area contributed by atoms with Gasteiger partial charge < -0.3 is 15.4 Å². The van der Waals surface area contributed by atoms with Crippen LogP contribution in [0.4, 0.5) is 0 Å². The molecule has 0 fully saturated rings. The second-order valence-electron chi connectivity index (χ2n) is 5.18. The van der Waals surface area contributed by atoms with Gasteiger partial charge in [0.15, 0.2) is 6.61 Å². The molecule has 0 bridgehead atoms. The molecule has 0 aromatic heterocycles. The zero-order valence-corrected chi connectivity index (χ0v) is 19.1. The molecule has 0 spiro atoms. The van der Waals surface area contributed by atoms with Gasteiger partial charge in [-0.15, -0.1) is 0 Å². The monoisotopic (exact) mass is 454 g/mol. The molecule has 5 nitrogen and oxygen atoms in total. The third kappa shape index (κ3) is 20.2. The molecule has 0 radical (unpaired) electrons. The van der Waals surface area contributed by atoms with Crippen molar-refractivity contribution in [2.75, 3.05) is 18.5 Å². The molecular weight excluding hydrogens is 420 g/mol. The third-order valence-electron chi connectivity index (χ3n) is 2.93. The number of nitrogens with one attached hydrogen (secondary N) is 2. The van der Waals surface area contributed by atoms with E-state index in [1.807, 2.05) is 58.0 Å². The van der Waals surface area contributed by atoms with Crippen LogP contribution in [0.2, 0.25) is 0 Å². The highest BCUT2D eigenvalue weighted by Crippen LogP contribution is 1.96. The van der Waals surface area contributed by atoms with Gasteiger partial charge in [0.1, 0.15) is 0 Å². The number of carbonyl (C=O) groups excluding carboxylic acids is 2. The number of ether oxygens (including phenoxy) is 1. The second-order valence-corrected chi connectivity index (χ2v) is 5.97. The second kappa shape index (κ2) is 23.0. The van der Waals surface area contributed by atoms with E-state index in [1.165, 1.54) is 6.26 Å². The Morgan fingerprint density at radius 1 is 1.07 bits per heavy atom. The number of hydrogen-bond acceptors (Lipinski definition) is 3. The summed E-state index contributed by atoms with van der Waals surface area (Å²) in [5, 5.41) is 6.29. The highest BCUT2D eigenvalue weighted by Gasteiger charge is 2.04. The molecule has 0 heterocycles. The van der Waals surface area contributed by atoms with Crippen molar-refractivity contribution < 1.29 is 14.3 Å². The first-order valence-corrected chi connectivity index (χ1v) is 10.8. The summed E-state index contributed by atoms with van der Waals surface area (Å²) >= 11 is 3.30. The molecule has 1 rings (SSSR count). The maximum absolute atomic E-state index is 11.5. The lowest BCUT2D eigenvalue weighted by Crippen LogP contribution is -2.37. The Bertz CT molecular complexity index is 546. The van der Waals surface area contributed by atoms with Crippen LogP contribution in [0.5, 0.6) is 0 Å². The molecule has 28 heavy (non-hydrogen) atoms. The number of alkyl halides is 1. The van der Waals surface area contributed by atoms with Crippen molar-refractivity contribution in [2.24, 2.45) is 0 Å². The van der Waals surface area contributed by atoms with Crippen molar-refractivity contribution >= 4 is 27.7 Å². The van der Waals surface area contributed by atoms with Crippen molar-refractivity contribution in [1.29, 1.82) is 0 Å². The van der Waals surface area contributed by atoms with Crippen molar-refractivity contribution in [3.8, 4) is 0 Å². The summed E-state index contributed by atoms with van der Waals surface area (Å²) in [6, 6.07) is 9.58. The van der Waals surface area contributed by atoms with Crippen LogP contribution in [0.15, 0.2) is 54.8 Å². The van der Waals surface area contributed by atoms with E-state index in [-0.39, 0.29) is 25.0 Å². The number of carbonyl (C=O) groups is 2. The van der Waals surface area contributed by atoms with Gasteiger partial charge in [-0.3, -0.25) is 9.59 Å². The number of rotatable bonds is 10. The van der Waals surface area contributed by atoms with Gasteiger partial charge in [0.05, 0.1) is 12.8 Å². The van der Waals surface area contributed by atoms with Crippen LogP contribution in [0.3, 0.4) is 0 Å². The first-order chi connectivity index (χ1) is 13.6. The minimum absolute atomic E-state index is 0.0491. The fourth-order valence-corrected chi connectivity index (χ4v) is 1.87. The van der Waals surface area contributed by atoms with Crippen LogP contribution in [-0.2, 0) is 20.9 Å². The molecule has 6 heteroatoms. The third-order valence-corrected chi connectivity index (χ3v) is 3.39. The van der Waals surface area contributed by atoms with Crippen LogP contribution in [0.1, 0.15) is 46.1 Å². The summed E-state index contributed by atoms with van der Waals surface area (Å²) in [5.41, 5.74) is 1.01. The molecule has 0 aliphatic rings. The minimum Gasteiger partial charge on any atom is -0.492 e. The first-order valence-electron chi connectivity index (χ1n) is 9.65. The Morgan fingerprint density at radius 3 is 2.29 bits per heavy atom. The van der Waals surface area contributed by atoms with Crippen molar-refractivity contribution in [3.63, 3.8) is 0 Å². The Morgan fingerprint density at radius 2 is 1.75 bits per heavy atom. The lowest BCUT2D eigenvalue weighted by Gasteiger charge is -2.07. The van der Waals surface area contributed by atoms with E-state index >= 15 is 0 Å². The van der Waals surface area contributed by atoms with Crippen molar-refractivity contribution in [1.82, 2.24) is 10.6 Å². The Labute approximate surface area is 178 Å². The normalized spacial score (nSPS) is 9.75. The molecule has 0 atom stereocenters. The molecule has 2 N–H and O–H groups in total. The summed E-state index contributed by atoms with van der Waals surface area (Å²) in [4.78, 5) is 22.9. The summed E-state index contributed by atoms with van der Waals surface area (Å²) in [6.07, 6.45) is 9.48. The molecule has 0 saturated heterocycles. The van der Waals surface area contributed by atoms with Gasteiger partial charge in [0.2, 0.25) is 5.91 Å². The Kier molecular flexibility index (Phi) is 23.1. The van der Waals surface area contributed by atoms with E-state index in [0.717, 1.165) is 23.7 Å². The fourth-order valence-electron chi connectivity index (χ4n) is 1.61. The standard InChI is InChI=1S/C15H20N2O3.C5H9Br.C2H6/c1-2-3-9-20-12-15(19)17-11-14(18)16-10-13-7-5-4-6-8-13;1-2-3-4-5-6;1-2/h3-9H,2,10-12H2,1H3,(H,16,18)(H,17,19);2-3H,4-5H2,1H3;1-2H3/b9-3+;3-2-;. The lowest BCUT2D eigenvalue weighted by molar-refractivity contribution is -0.127. The quantitative estimate of drug-likeness (QED) is 0.305. The van der Waals surface area contributed by atoms with Gasteiger partial charge in [0.25, 0.3) is 5.91 Å². The van der Waals surface area contributed by atoms with Crippen LogP contribution in [0.25, 0.3) is 0 Å². The van der Waals surface area contributed by atoms with E-state index in [0.29, 0.717) is 6.54 Å². The summed E-state index contributed by atoms with van der Waals surface area (Å²) in [5.74, 6) is -0.549. The summed E-state index contributed by atoms with van der Waals surface area (Å²) < 4.78 is 4.97. The molecule has 0 unspecified atom stereocenters. The van der Waals surface area contributed by atoms with Crippen LogP contribution in [0, 0.1) is 0 Å². The van der Waals surface area contributed by atoms with Gasteiger partial charge in [0, 0.05) is 11.9 Å². The Balaban J connectivity index is 0. The van der Waals surface area contributed by atoms with E-state index < -0.39 is 0 Å². The maximum Gasteiger partial charge on any atom is 0.258 e. The van der Waals surface area contributed by atoms with Gasteiger partial charge in [-0.25, -0.2) is 0 Å². The molecule has 0 aliphatic heterocycles. The summed E-state index contributed by atoms with van der Waals surface area (Å²) in [6.45, 7) is 8.32. The predicted molar refractivity (Wildman–Crippen MR) is 121 cm³/mol. The number of allylic oxidation sites excluding steroid dienone is 3. The molecule has 1 aromatic carbocycles. The van der Waals surface area contributed by atoms with Crippen molar-refractivity contribution in [2.45, 2.75) is 47.1 Å². The number of benzene rings is 1. The average Bonchev–Trinajstić information content (AvgIpc) is 2.75. The summed E-state index contributed by atoms with van der Waals surface area (Å²) in [7, 11) is 0. The molecular formula is C22H35BrN2O3. The zero-order chi connectivity index (χ0) is 21.5. The first kappa shape index (κ1) is 28.1. The van der Waals surface area contributed by atoms with Gasteiger partial charge >= 0.3 is 0 Å². The number of amides is 2. The van der Waals surface area contributed by atoms with Gasteiger partial charge in [-0.1, -0.05) is 85.3 Å². The number of halogens is 1.